The molecule has 1 N–H and O–H groups in total. The molecule has 0 spiro atoms. The Labute approximate surface area is 245 Å². The Bertz CT molecular complexity index is 1580. The summed E-state index contributed by atoms with van der Waals surface area (Å²) in [5.41, 5.74) is 1.55. The first kappa shape index (κ1) is 28.4. The Morgan fingerprint density at radius 2 is 1.88 bits per heavy atom. The molecule has 3 heterocycles. The highest BCUT2D eigenvalue weighted by molar-refractivity contribution is 8.00. The number of carbonyl (C=O) groups is 2. The molecule has 2 aromatic carbocycles. The molecule has 4 aromatic rings. The van der Waals surface area contributed by atoms with Crippen molar-refractivity contribution >= 4 is 39.9 Å². The second kappa shape index (κ2) is 12.6. The van der Waals surface area contributed by atoms with Crippen molar-refractivity contribution in [2.24, 2.45) is 0 Å². The van der Waals surface area contributed by atoms with E-state index in [1.165, 1.54) is 34.1 Å². The van der Waals surface area contributed by atoms with Crippen LogP contribution in [0.1, 0.15) is 53.8 Å². The van der Waals surface area contributed by atoms with Crippen LogP contribution in [-0.4, -0.2) is 40.2 Å². The first-order chi connectivity index (χ1) is 19.9. The van der Waals surface area contributed by atoms with Crippen LogP contribution in [0.15, 0.2) is 80.8 Å². The van der Waals surface area contributed by atoms with Crippen molar-refractivity contribution < 1.29 is 28.6 Å². The van der Waals surface area contributed by atoms with Gasteiger partial charge in [-0.1, -0.05) is 66.4 Å². The van der Waals surface area contributed by atoms with Gasteiger partial charge in [0.2, 0.25) is 10.9 Å². The third-order valence-corrected chi connectivity index (χ3v) is 8.40. The molecule has 1 aliphatic rings. The largest absolute Gasteiger partial charge is 0.503 e. The minimum absolute atomic E-state index is 0.0213. The highest BCUT2D eigenvalue weighted by Crippen LogP contribution is 2.45. The highest BCUT2D eigenvalue weighted by Gasteiger charge is 2.47. The van der Waals surface area contributed by atoms with E-state index in [4.69, 9.17) is 13.9 Å². The fraction of sp³-hybridized carbons (Fsp3) is 0.267. The van der Waals surface area contributed by atoms with Crippen LogP contribution in [0.5, 0.6) is 11.5 Å². The number of anilines is 1. The van der Waals surface area contributed by atoms with E-state index in [0.717, 1.165) is 12.0 Å². The van der Waals surface area contributed by atoms with Gasteiger partial charge in [0.05, 0.1) is 24.8 Å². The fourth-order valence-electron chi connectivity index (χ4n) is 4.41. The fourth-order valence-corrected chi connectivity index (χ4v) is 6.23. The van der Waals surface area contributed by atoms with Crippen molar-refractivity contribution in [3.8, 4) is 11.5 Å². The zero-order valence-electron chi connectivity index (χ0n) is 22.8. The van der Waals surface area contributed by atoms with E-state index in [1.807, 2.05) is 44.2 Å². The number of nitrogens with zero attached hydrogens (tertiary/aromatic N) is 3. The number of benzene rings is 2. The number of aromatic nitrogens is 2. The SMILES string of the molecule is CCCOc1ccc(C2C(C(=O)c3ccc(C)o3)=C(O)C(=O)N2c2nnc(SCc3ccccc3)s2)cc1OCC. The van der Waals surface area contributed by atoms with Gasteiger partial charge < -0.3 is 19.0 Å². The van der Waals surface area contributed by atoms with Gasteiger partial charge in [-0.25, -0.2) is 0 Å². The molecule has 41 heavy (non-hydrogen) atoms. The van der Waals surface area contributed by atoms with Crippen LogP contribution in [0.4, 0.5) is 5.13 Å². The molecule has 1 unspecified atom stereocenters. The van der Waals surface area contributed by atoms with E-state index in [9.17, 15) is 14.7 Å². The van der Waals surface area contributed by atoms with Gasteiger partial charge >= 0.3 is 0 Å². The number of Topliss-reactive ketones (excluding diaryl/α,β-unsaturated/α-hetero) is 1. The maximum absolute atomic E-state index is 13.7. The van der Waals surface area contributed by atoms with Crippen LogP contribution < -0.4 is 14.4 Å². The van der Waals surface area contributed by atoms with Crippen molar-refractivity contribution in [2.75, 3.05) is 18.1 Å². The zero-order valence-corrected chi connectivity index (χ0v) is 24.5. The van der Waals surface area contributed by atoms with E-state index in [0.29, 0.717) is 46.1 Å². The normalized spacial score (nSPS) is 15.0. The standard InChI is InChI=1S/C30H29N3O6S2/c1-4-15-38-21-14-12-20(16-23(21)37-5-2)25-24(26(34)22-13-11-18(3)39-22)27(35)28(36)33(25)29-31-32-30(41-29)40-17-19-9-7-6-8-10-19/h6-14,16,25,35H,4-5,15,17H2,1-3H3. The molecule has 0 fully saturated rings. The van der Waals surface area contributed by atoms with E-state index in [1.54, 1.807) is 31.2 Å². The number of furan rings is 1. The molecule has 11 heteroatoms. The predicted octanol–water partition coefficient (Wildman–Crippen LogP) is 6.70. The topological polar surface area (TPSA) is 115 Å². The number of carbonyl (C=O) groups excluding carboxylic acids is 2. The molecule has 0 aliphatic carbocycles. The van der Waals surface area contributed by atoms with Crippen LogP contribution in [0, 0.1) is 6.92 Å². The van der Waals surface area contributed by atoms with E-state index in [-0.39, 0.29) is 16.5 Å². The third kappa shape index (κ3) is 6.01. The molecule has 0 radical (unpaired) electrons. The van der Waals surface area contributed by atoms with Crippen LogP contribution in [0.3, 0.4) is 0 Å². The average Bonchev–Trinajstić information content (AvgIpc) is 3.70. The number of thioether (sulfide) groups is 1. The van der Waals surface area contributed by atoms with Gasteiger partial charge in [-0.3, -0.25) is 14.5 Å². The summed E-state index contributed by atoms with van der Waals surface area (Å²) in [4.78, 5) is 28.5. The lowest BCUT2D eigenvalue weighted by Gasteiger charge is -2.24. The van der Waals surface area contributed by atoms with Gasteiger partial charge in [-0.05, 0) is 55.7 Å². The van der Waals surface area contributed by atoms with Crippen LogP contribution in [0.25, 0.3) is 0 Å². The Morgan fingerprint density at radius 1 is 1.07 bits per heavy atom. The Kier molecular flexibility index (Phi) is 8.75. The van der Waals surface area contributed by atoms with Crippen molar-refractivity contribution in [1.29, 1.82) is 0 Å². The molecule has 0 saturated heterocycles. The average molecular weight is 592 g/mol. The number of hydrogen-bond donors (Lipinski definition) is 1. The van der Waals surface area contributed by atoms with Gasteiger partial charge in [0, 0.05) is 5.75 Å². The minimum atomic E-state index is -1.00. The quantitative estimate of drug-likeness (QED) is 0.109. The van der Waals surface area contributed by atoms with Crippen molar-refractivity contribution in [2.45, 2.75) is 43.3 Å². The lowest BCUT2D eigenvalue weighted by Crippen LogP contribution is -2.31. The second-order valence-corrected chi connectivity index (χ2v) is 11.4. The first-order valence-electron chi connectivity index (χ1n) is 13.2. The molecular weight excluding hydrogens is 562 g/mol. The van der Waals surface area contributed by atoms with Gasteiger partial charge in [0.1, 0.15) is 5.76 Å². The third-order valence-electron chi connectivity index (χ3n) is 6.27. The molecule has 212 valence electrons. The highest BCUT2D eigenvalue weighted by atomic mass is 32.2. The second-order valence-electron chi connectivity index (χ2n) is 9.19. The summed E-state index contributed by atoms with van der Waals surface area (Å²) < 4.78 is 17.9. The van der Waals surface area contributed by atoms with E-state index in [2.05, 4.69) is 10.2 Å². The summed E-state index contributed by atoms with van der Waals surface area (Å²) >= 11 is 2.70. The molecule has 2 aromatic heterocycles. The number of aliphatic hydroxyl groups excluding tert-OH is 1. The predicted molar refractivity (Wildman–Crippen MR) is 157 cm³/mol. The number of aryl methyl sites for hydroxylation is 1. The van der Waals surface area contributed by atoms with Gasteiger partial charge in [0.25, 0.3) is 5.91 Å². The Morgan fingerprint density at radius 3 is 2.59 bits per heavy atom. The van der Waals surface area contributed by atoms with Crippen LogP contribution in [0.2, 0.25) is 0 Å². The van der Waals surface area contributed by atoms with Crippen molar-refractivity contribution in [3.63, 3.8) is 0 Å². The van der Waals surface area contributed by atoms with Crippen molar-refractivity contribution in [3.05, 3.63) is 94.6 Å². The first-order valence-corrected chi connectivity index (χ1v) is 15.0. The molecule has 1 atom stereocenters. The smallest absolute Gasteiger partial charge is 0.296 e. The van der Waals surface area contributed by atoms with Gasteiger partial charge in [0.15, 0.2) is 27.4 Å². The summed E-state index contributed by atoms with van der Waals surface area (Å²) in [5, 5.41) is 19.9. The Hall–Kier alpha value is -4.09. The van der Waals surface area contributed by atoms with E-state index < -0.39 is 23.5 Å². The molecule has 0 saturated carbocycles. The van der Waals surface area contributed by atoms with Crippen LogP contribution in [-0.2, 0) is 10.5 Å². The molecule has 1 aliphatic heterocycles. The molecule has 9 nitrogen and oxygen atoms in total. The number of hydrogen-bond acceptors (Lipinski definition) is 10. The summed E-state index contributed by atoms with van der Waals surface area (Å²) in [6, 6.07) is 17.3. The molecule has 0 bridgehead atoms. The molecule has 5 rings (SSSR count). The summed E-state index contributed by atoms with van der Waals surface area (Å²) in [7, 11) is 0. The van der Waals surface area contributed by atoms with Gasteiger partial charge in [-0.15, -0.1) is 10.2 Å². The number of ether oxygens (including phenoxy) is 2. The Balaban J connectivity index is 1.54. The van der Waals surface area contributed by atoms with Gasteiger partial charge in [-0.2, -0.15) is 0 Å². The summed E-state index contributed by atoms with van der Waals surface area (Å²) in [6.07, 6.45) is 0.817. The maximum Gasteiger partial charge on any atom is 0.296 e. The number of rotatable bonds is 12. The minimum Gasteiger partial charge on any atom is -0.503 e. The molecular formula is C30H29N3O6S2. The number of aliphatic hydroxyl groups is 1. The van der Waals surface area contributed by atoms with Crippen LogP contribution >= 0.6 is 23.1 Å². The maximum atomic E-state index is 13.7. The monoisotopic (exact) mass is 591 g/mol. The molecule has 1 amide bonds. The number of ketones is 1. The lowest BCUT2D eigenvalue weighted by molar-refractivity contribution is -0.117. The summed E-state index contributed by atoms with van der Waals surface area (Å²) in [6.45, 7) is 6.47. The number of amides is 1. The summed E-state index contributed by atoms with van der Waals surface area (Å²) in [5.74, 6) is 0.243. The van der Waals surface area contributed by atoms with E-state index >= 15 is 0 Å². The zero-order chi connectivity index (χ0) is 28.9. The lowest BCUT2D eigenvalue weighted by atomic mass is 9.95. The van der Waals surface area contributed by atoms with Crippen molar-refractivity contribution in [1.82, 2.24) is 10.2 Å².